The Morgan fingerprint density at radius 3 is 2.63 bits per heavy atom. The van der Waals surface area contributed by atoms with Gasteiger partial charge in [-0.05, 0) is 42.8 Å². The number of ether oxygens (including phenoxy) is 1. The van der Waals surface area contributed by atoms with Gasteiger partial charge in [-0.15, -0.1) is 0 Å². The second-order valence-corrected chi connectivity index (χ2v) is 9.82. The van der Waals surface area contributed by atoms with E-state index >= 15 is 0 Å². The van der Waals surface area contributed by atoms with E-state index in [9.17, 15) is 8.42 Å². The lowest BCUT2D eigenvalue weighted by Gasteiger charge is -2.32. The molecule has 0 unspecified atom stereocenters. The molecule has 158 valence electrons. The van der Waals surface area contributed by atoms with Crippen LogP contribution in [0, 0.1) is 0 Å². The van der Waals surface area contributed by atoms with E-state index in [2.05, 4.69) is 10.3 Å². The van der Waals surface area contributed by atoms with Gasteiger partial charge in [0.05, 0.1) is 5.75 Å². The van der Waals surface area contributed by atoms with Crippen molar-refractivity contribution in [1.29, 1.82) is 0 Å². The van der Waals surface area contributed by atoms with E-state index in [1.165, 1.54) is 0 Å². The summed E-state index contributed by atoms with van der Waals surface area (Å²) in [5.74, 6) is 0.952. The fourth-order valence-corrected chi connectivity index (χ4v) is 4.93. The van der Waals surface area contributed by atoms with Crippen molar-refractivity contribution in [2.24, 2.45) is 0 Å². The Morgan fingerprint density at radius 1 is 1.13 bits per heavy atom. The summed E-state index contributed by atoms with van der Waals surface area (Å²) in [7, 11) is -3.12. The van der Waals surface area contributed by atoms with Crippen LogP contribution < -0.4 is 10.1 Å². The van der Waals surface area contributed by atoms with Crippen molar-refractivity contribution >= 4 is 26.5 Å². The minimum absolute atomic E-state index is 0.155. The molecule has 0 amide bonds. The predicted octanol–water partition coefficient (Wildman–Crippen LogP) is 4.04. The minimum atomic E-state index is -3.12. The van der Waals surface area contributed by atoms with E-state index in [0.717, 1.165) is 40.6 Å². The van der Waals surface area contributed by atoms with Crippen LogP contribution in [0.25, 0.3) is 10.8 Å². The summed E-state index contributed by atoms with van der Waals surface area (Å²) >= 11 is 0. The van der Waals surface area contributed by atoms with Crippen LogP contribution in [0.5, 0.6) is 5.75 Å². The van der Waals surface area contributed by atoms with Crippen LogP contribution in [0.4, 0.5) is 5.69 Å². The molecule has 0 saturated carbocycles. The van der Waals surface area contributed by atoms with Gasteiger partial charge in [-0.3, -0.25) is 4.98 Å². The second kappa shape index (κ2) is 9.02. The lowest BCUT2D eigenvalue weighted by atomic mass is 10.0. The van der Waals surface area contributed by atoms with Crippen molar-refractivity contribution in [1.82, 2.24) is 9.29 Å². The molecular formula is C23H27N3O3S. The fraction of sp³-hybridized carbons (Fsp3) is 0.348. The van der Waals surface area contributed by atoms with Crippen molar-refractivity contribution in [3.63, 3.8) is 0 Å². The Hall–Kier alpha value is -2.64. The zero-order valence-corrected chi connectivity index (χ0v) is 17.9. The first-order valence-corrected chi connectivity index (χ1v) is 11.9. The molecule has 1 aliphatic heterocycles. The first kappa shape index (κ1) is 20.6. The Balaban J connectivity index is 1.50. The van der Waals surface area contributed by atoms with E-state index in [4.69, 9.17) is 4.74 Å². The minimum Gasteiger partial charge on any atom is -0.489 e. The summed E-state index contributed by atoms with van der Waals surface area (Å²) in [5.41, 5.74) is 2.09. The SMILES string of the molecule is CCS(=O)(=O)N1CCC(Nc2cc(OCc3ccccc3)cc3ccncc23)CC1. The van der Waals surface area contributed by atoms with Crippen molar-refractivity contribution in [3.8, 4) is 5.75 Å². The number of anilines is 1. The zero-order valence-electron chi connectivity index (χ0n) is 17.1. The van der Waals surface area contributed by atoms with Crippen LogP contribution in [0.2, 0.25) is 0 Å². The van der Waals surface area contributed by atoms with E-state index < -0.39 is 10.0 Å². The first-order valence-electron chi connectivity index (χ1n) is 10.3. The average Bonchev–Trinajstić information content (AvgIpc) is 2.79. The molecule has 7 heteroatoms. The van der Waals surface area contributed by atoms with Gasteiger partial charge < -0.3 is 10.1 Å². The smallest absolute Gasteiger partial charge is 0.213 e. The fourth-order valence-electron chi connectivity index (χ4n) is 3.80. The number of pyridine rings is 1. The number of nitrogens with one attached hydrogen (secondary N) is 1. The van der Waals surface area contributed by atoms with Crippen molar-refractivity contribution < 1.29 is 13.2 Å². The molecule has 0 atom stereocenters. The predicted molar refractivity (Wildman–Crippen MR) is 120 cm³/mol. The third kappa shape index (κ3) is 4.74. The lowest BCUT2D eigenvalue weighted by molar-refractivity contribution is 0.306. The Labute approximate surface area is 177 Å². The molecule has 3 aromatic rings. The highest BCUT2D eigenvalue weighted by molar-refractivity contribution is 7.89. The van der Waals surface area contributed by atoms with E-state index in [1.807, 2.05) is 54.7 Å². The quantitative estimate of drug-likeness (QED) is 0.619. The topological polar surface area (TPSA) is 71.5 Å². The first-order chi connectivity index (χ1) is 14.5. The number of hydrogen-bond acceptors (Lipinski definition) is 5. The van der Waals surface area contributed by atoms with Gasteiger partial charge in [-0.1, -0.05) is 30.3 Å². The largest absolute Gasteiger partial charge is 0.489 e. The lowest BCUT2D eigenvalue weighted by Crippen LogP contribution is -2.42. The second-order valence-electron chi connectivity index (χ2n) is 7.56. The van der Waals surface area contributed by atoms with Crippen molar-refractivity contribution in [3.05, 3.63) is 66.5 Å². The van der Waals surface area contributed by atoms with Crippen LogP contribution in [-0.2, 0) is 16.6 Å². The molecule has 2 heterocycles. The third-order valence-electron chi connectivity index (χ3n) is 5.55. The molecule has 30 heavy (non-hydrogen) atoms. The van der Waals surface area contributed by atoms with Gasteiger partial charge in [-0.25, -0.2) is 12.7 Å². The molecule has 6 nitrogen and oxygen atoms in total. The van der Waals surface area contributed by atoms with Gasteiger partial charge in [0.15, 0.2) is 0 Å². The molecule has 0 bridgehead atoms. The summed E-state index contributed by atoms with van der Waals surface area (Å²) in [4.78, 5) is 4.28. The molecule has 0 radical (unpaired) electrons. The standard InChI is InChI=1S/C23H27N3O3S/c1-2-30(27,28)26-12-9-20(10-13-26)25-23-15-21(14-19-8-11-24-16-22(19)23)29-17-18-6-4-3-5-7-18/h3-8,11,14-16,20,25H,2,9-10,12-13,17H2,1H3. The summed E-state index contributed by atoms with van der Waals surface area (Å²) in [5, 5.41) is 5.71. The highest BCUT2D eigenvalue weighted by Crippen LogP contribution is 2.31. The zero-order chi connectivity index (χ0) is 21.0. The van der Waals surface area contributed by atoms with Gasteiger partial charge in [-0.2, -0.15) is 0 Å². The number of benzene rings is 2. The van der Waals surface area contributed by atoms with E-state index in [0.29, 0.717) is 19.7 Å². The van der Waals surface area contributed by atoms with Crippen LogP contribution in [0.15, 0.2) is 60.9 Å². The molecule has 2 aromatic carbocycles. The van der Waals surface area contributed by atoms with Gasteiger partial charge >= 0.3 is 0 Å². The van der Waals surface area contributed by atoms with Gasteiger partial charge in [0.2, 0.25) is 10.0 Å². The molecule has 0 spiro atoms. The van der Waals surface area contributed by atoms with Crippen LogP contribution in [-0.4, -0.2) is 42.6 Å². The third-order valence-corrected chi connectivity index (χ3v) is 7.43. The molecule has 4 rings (SSSR count). The number of piperidine rings is 1. The summed E-state index contributed by atoms with van der Waals surface area (Å²) in [6.45, 7) is 3.30. The number of hydrogen-bond donors (Lipinski definition) is 1. The van der Waals surface area contributed by atoms with Gasteiger partial charge in [0, 0.05) is 48.7 Å². The van der Waals surface area contributed by atoms with Crippen LogP contribution in [0.1, 0.15) is 25.3 Å². The maximum Gasteiger partial charge on any atom is 0.213 e. The summed E-state index contributed by atoms with van der Waals surface area (Å²) in [6.07, 6.45) is 5.18. The van der Waals surface area contributed by atoms with Crippen LogP contribution >= 0.6 is 0 Å². The molecular weight excluding hydrogens is 398 g/mol. The normalized spacial score (nSPS) is 15.9. The van der Waals surface area contributed by atoms with Gasteiger partial charge in [0.25, 0.3) is 0 Å². The maximum atomic E-state index is 12.1. The molecule has 1 fully saturated rings. The molecule has 1 N–H and O–H groups in total. The van der Waals surface area contributed by atoms with E-state index in [1.54, 1.807) is 17.4 Å². The number of nitrogens with zero attached hydrogens (tertiary/aromatic N) is 2. The maximum absolute atomic E-state index is 12.1. The molecule has 1 saturated heterocycles. The summed E-state index contributed by atoms with van der Waals surface area (Å²) < 4.78 is 31.9. The van der Waals surface area contributed by atoms with Crippen LogP contribution in [0.3, 0.4) is 0 Å². The molecule has 1 aromatic heterocycles. The highest BCUT2D eigenvalue weighted by Gasteiger charge is 2.26. The number of aromatic nitrogens is 1. The Kier molecular flexibility index (Phi) is 6.20. The van der Waals surface area contributed by atoms with Gasteiger partial charge in [0.1, 0.15) is 12.4 Å². The monoisotopic (exact) mass is 425 g/mol. The highest BCUT2D eigenvalue weighted by atomic mass is 32.2. The number of sulfonamides is 1. The molecule has 1 aliphatic rings. The number of rotatable bonds is 7. The summed E-state index contributed by atoms with van der Waals surface area (Å²) in [6, 6.07) is 16.3. The van der Waals surface area contributed by atoms with Crippen molar-refractivity contribution in [2.45, 2.75) is 32.4 Å². The average molecular weight is 426 g/mol. The Bertz CT molecular complexity index is 1100. The van der Waals surface area contributed by atoms with E-state index in [-0.39, 0.29) is 11.8 Å². The molecule has 0 aliphatic carbocycles. The van der Waals surface area contributed by atoms with Crippen molar-refractivity contribution in [2.75, 3.05) is 24.2 Å². The number of fused-ring (bicyclic) bond motifs is 1. The Morgan fingerprint density at radius 2 is 1.90 bits per heavy atom.